The van der Waals surface area contributed by atoms with Crippen molar-refractivity contribution in [2.75, 3.05) is 19.6 Å². The Morgan fingerprint density at radius 3 is 2.32 bits per heavy atom. The number of benzene rings is 2. The summed E-state index contributed by atoms with van der Waals surface area (Å²) in [5, 5.41) is 0. The quantitative estimate of drug-likeness (QED) is 0.578. The second-order valence-corrected chi connectivity index (χ2v) is 6.51. The van der Waals surface area contributed by atoms with Crippen LogP contribution in [0.25, 0.3) is 22.4 Å². The summed E-state index contributed by atoms with van der Waals surface area (Å²) in [6.07, 6.45) is 2.21. The average molecular weight is 335 g/mol. The maximum absolute atomic E-state index is 4.93. The van der Waals surface area contributed by atoms with Gasteiger partial charge in [-0.05, 0) is 50.2 Å². The minimum Gasteiger partial charge on any atom is -0.324 e. The monoisotopic (exact) mass is 335 g/mol. The number of imidazole rings is 1. The first-order valence-corrected chi connectivity index (χ1v) is 9.53. The molecule has 0 N–H and O–H groups in total. The summed E-state index contributed by atoms with van der Waals surface area (Å²) in [5.74, 6) is 1.09. The van der Waals surface area contributed by atoms with Crippen molar-refractivity contribution in [2.24, 2.45) is 0 Å². The van der Waals surface area contributed by atoms with Gasteiger partial charge in [0.15, 0.2) is 0 Å². The van der Waals surface area contributed by atoms with E-state index in [-0.39, 0.29) is 0 Å². The third-order valence-corrected chi connectivity index (χ3v) is 5.03. The van der Waals surface area contributed by atoms with Crippen molar-refractivity contribution in [3.05, 3.63) is 54.1 Å². The molecular weight excluding hydrogens is 306 g/mol. The molecule has 0 fully saturated rings. The van der Waals surface area contributed by atoms with Crippen LogP contribution in [0.2, 0.25) is 0 Å². The molecule has 0 spiro atoms. The molecular formula is C22H29N3. The number of nitrogens with zero attached hydrogens (tertiary/aromatic N) is 3. The third kappa shape index (κ3) is 3.93. The van der Waals surface area contributed by atoms with Crippen LogP contribution in [0.4, 0.5) is 0 Å². The van der Waals surface area contributed by atoms with Crippen LogP contribution >= 0.6 is 0 Å². The topological polar surface area (TPSA) is 21.1 Å². The fourth-order valence-corrected chi connectivity index (χ4v) is 3.40. The Labute approximate surface area is 151 Å². The van der Waals surface area contributed by atoms with Crippen LogP contribution in [0.1, 0.15) is 32.8 Å². The first-order chi connectivity index (χ1) is 12.3. The fourth-order valence-electron chi connectivity index (χ4n) is 3.40. The molecule has 0 bridgehead atoms. The zero-order valence-electron chi connectivity index (χ0n) is 15.7. The maximum atomic E-state index is 4.93. The van der Waals surface area contributed by atoms with Crippen LogP contribution in [0.3, 0.4) is 0 Å². The van der Waals surface area contributed by atoms with E-state index in [0.717, 1.165) is 50.4 Å². The van der Waals surface area contributed by atoms with Crippen LogP contribution in [0.15, 0.2) is 48.5 Å². The Kier molecular flexibility index (Phi) is 5.87. The Bertz CT molecular complexity index is 798. The molecule has 0 aliphatic rings. The predicted molar refractivity (Wildman–Crippen MR) is 107 cm³/mol. The number of hydrogen-bond acceptors (Lipinski definition) is 2. The maximum Gasteiger partial charge on any atom is 0.141 e. The molecule has 3 nitrogen and oxygen atoms in total. The second kappa shape index (κ2) is 8.30. The molecule has 132 valence electrons. The van der Waals surface area contributed by atoms with Crippen molar-refractivity contribution in [2.45, 2.75) is 40.2 Å². The van der Waals surface area contributed by atoms with E-state index < -0.39 is 0 Å². The summed E-state index contributed by atoms with van der Waals surface area (Å²) in [5.41, 5.74) is 4.89. The molecule has 0 radical (unpaired) electrons. The highest BCUT2D eigenvalue weighted by atomic mass is 15.1. The van der Waals surface area contributed by atoms with Gasteiger partial charge in [0, 0.05) is 12.1 Å². The van der Waals surface area contributed by atoms with Gasteiger partial charge in [-0.25, -0.2) is 4.98 Å². The number of fused-ring (bicyclic) bond motifs is 1. The van der Waals surface area contributed by atoms with Crippen molar-refractivity contribution in [3.63, 3.8) is 0 Å². The Morgan fingerprint density at radius 2 is 1.64 bits per heavy atom. The molecule has 0 aliphatic carbocycles. The van der Waals surface area contributed by atoms with Crippen molar-refractivity contribution in [1.29, 1.82) is 0 Å². The highest BCUT2D eigenvalue weighted by Gasteiger charge is 2.12. The van der Waals surface area contributed by atoms with Gasteiger partial charge in [0.25, 0.3) is 0 Å². The van der Waals surface area contributed by atoms with Crippen molar-refractivity contribution in [3.8, 4) is 11.4 Å². The lowest BCUT2D eigenvalue weighted by molar-refractivity contribution is 0.294. The van der Waals surface area contributed by atoms with Crippen LogP contribution in [0, 0.1) is 0 Å². The van der Waals surface area contributed by atoms with E-state index in [2.05, 4.69) is 78.8 Å². The Hall–Kier alpha value is -2.13. The SMILES string of the molecule is CCc1ccc(-c2nc3ccccc3n2CCCN(CC)CC)cc1. The molecule has 1 aromatic heterocycles. The minimum absolute atomic E-state index is 1.00. The first kappa shape index (κ1) is 17.7. The van der Waals surface area contributed by atoms with E-state index in [1.165, 1.54) is 16.6 Å². The van der Waals surface area contributed by atoms with Crippen LogP contribution in [0.5, 0.6) is 0 Å². The lowest BCUT2D eigenvalue weighted by Gasteiger charge is -2.18. The summed E-state index contributed by atoms with van der Waals surface area (Å²) >= 11 is 0. The average Bonchev–Trinajstić information content (AvgIpc) is 3.04. The smallest absolute Gasteiger partial charge is 0.141 e. The molecule has 0 saturated heterocycles. The van der Waals surface area contributed by atoms with E-state index in [0.29, 0.717) is 0 Å². The van der Waals surface area contributed by atoms with Gasteiger partial charge >= 0.3 is 0 Å². The lowest BCUT2D eigenvalue weighted by atomic mass is 10.1. The molecule has 3 aromatic rings. The highest BCUT2D eigenvalue weighted by molar-refractivity contribution is 5.80. The minimum atomic E-state index is 1.00. The fraction of sp³-hybridized carbons (Fsp3) is 0.409. The summed E-state index contributed by atoms with van der Waals surface area (Å²) < 4.78 is 2.39. The van der Waals surface area contributed by atoms with E-state index in [4.69, 9.17) is 4.98 Å². The van der Waals surface area contributed by atoms with Crippen LogP contribution < -0.4 is 0 Å². The number of rotatable bonds is 8. The highest BCUT2D eigenvalue weighted by Crippen LogP contribution is 2.25. The summed E-state index contributed by atoms with van der Waals surface area (Å²) in [4.78, 5) is 7.41. The molecule has 0 saturated carbocycles. The number of para-hydroxylation sites is 2. The lowest BCUT2D eigenvalue weighted by Crippen LogP contribution is -2.24. The molecule has 25 heavy (non-hydrogen) atoms. The van der Waals surface area contributed by atoms with E-state index in [1.54, 1.807) is 0 Å². The molecule has 0 aliphatic heterocycles. The molecule has 3 rings (SSSR count). The standard InChI is InChI=1S/C22H29N3/c1-4-18-12-14-19(15-13-18)22-23-20-10-7-8-11-21(20)25(22)17-9-16-24(5-2)6-3/h7-8,10-15H,4-6,9,16-17H2,1-3H3. The number of aromatic nitrogens is 2. The summed E-state index contributed by atoms with van der Waals surface area (Å²) in [6.45, 7) is 11.0. The number of aryl methyl sites for hydroxylation is 2. The summed E-state index contributed by atoms with van der Waals surface area (Å²) in [6, 6.07) is 17.3. The van der Waals surface area contributed by atoms with Crippen molar-refractivity contribution in [1.82, 2.24) is 14.5 Å². The van der Waals surface area contributed by atoms with Gasteiger partial charge in [-0.2, -0.15) is 0 Å². The van der Waals surface area contributed by atoms with Gasteiger partial charge in [-0.3, -0.25) is 0 Å². The second-order valence-electron chi connectivity index (χ2n) is 6.51. The van der Waals surface area contributed by atoms with Crippen LogP contribution in [-0.4, -0.2) is 34.1 Å². The van der Waals surface area contributed by atoms with Crippen molar-refractivity contribution >= 4 is 11.0 Å². The Balaban J connectivity index is 1.91. The van der Waals surface area contributed by atoms with Gasteiger partial charge in [0.2, 0.25) is 0 Å². The largest absolute Gasteiger partial charge is 0.324 e. The zero-order chi connectivity index (χ0) is 17.6. The van der Waals surface area contributed by atoms with Gasteiger partial charge in [-0.15, -0.1) is 0 Å². The first-order valence-electron chi connectivity index (χ1n) is 9.53. The molecule has 0 atom stereocenters. The predicted octanol–water partition coefficient (Wildman–Crippen LogP) is 5.00. The molecule has 3 heteroatoms. The number of hydrogen-bond donors (Lipinski definition) is 0. The van der Waals surface area contributed by atoms with Crippen LogP contribution in [-0.2, 0) is 13.0 Å². The van der Waals surface area contributed by atoms with Crippen molar-refractivity contribution < 1.29 is 0 Å². The summed E-state index contributed by atoms with van der Waals surface area (Å²) in [7, 11) is 0. The third-order valence-electron chi connectivity index (χ3n) is 5.03. The van der Waals surface area contributed by atoms with E-state index in [1.807, 2.05) is 0 Å². The van der Waals surface area contributed by atoms with E-state index >= 15 is 0 Å². The molecule has 0 amide bonds. The van der Waals surface area contributed by atoms with E-state index in [9.17, 15) is 0 Å². The van der Waals surface area contributed by atoms with Gasteiger partial charge < -0.3 is 9.47 Å². The van der Waals surface area contributed by atoms with Gasteiger partial charge in [0.05, 0.1) is 11.0 Å². The van der Waals surface area contributed by atoms with Gasteiger partial charge in [0.1, 0.15) is 5.82 Å². The Morgan fingerprint density at radius 1 is 0.920 bits per heavy atom. The zero-order valence-corrected chi connectivity index (χ0v) is 15.7. The van der Waals surface area contributed by atoms with Gasteiger partial charge in [-0.1, -0.05) is 57.2 Å². The molecule has 0 unspecified atom stereocenters. The molecule has 2 aromatic carbocycles. The molecule has 1 heterocycles. The normalized spacial score (nSPS) is 11.5.